The molecule has 4 aromatic rings. The van der Waals surface area contributed by atoms with Crippen molar-refractivity contribution in [3.05, 3.63) is 67.0 Å². The highest BCUT2D eigenvalue weighted by Crippen LogP contribution is 2.25. The van der Waals surface area contributed by atoms with E-state index in [0.29, 0.717) is 0 Å². The minimum Gasteiger partial charge on any atom is -0.352 e. The van der Waals surface area contributed by atoms with Crippen LogP contribution in [0.4, 0.5) is 5.82 Å². The van der Waals surface area contributed by atoms with Crippen molar-refractivity contribution in [3.8, 4) is 5.82 Å². The molecule has 0 saturated carbocycles. The zero-order chi connectivity index (χ0) is 17.1. The summed E-state index contributed by atoms with van der Waals surface area (Å²) < 4.78 is 1.74. The lowest BCUT2D eigenvalue weighted by molar-refractivity contribution is 0.814. The van der Waals surface area contributed by atoms with Crippen LogP contribution in [0.3, 0.4) is 0 Å². The van der Waals surface area contributed by atoms with E-state index in [9.17, 15) is 0 Å². The van der Waals surface area contributed by atoms with E-state index in [0.717, 1.165) is 35.8 Å². The molecule has 25 heavy (non-hydrogen) atoms. The second-order valence-electron chi connectivity index (χ2n) is 5.55. The van der Waals surface area contributed by atoms with Gasteiger partial charge in [-0.1, -0.05) is 6.07 Å². The molecule has 0 spiro atoms. The normalized spacial score (nSPS) is 10.9. The Bertz CT molecular complexity index is 967. The highest BCUT2D eigenvalue weighted by Gasteiger charge is 2.16. The van der Waals surface area contributed by atoms with Gasteiger partial charge in [0.25, 0.3) is 0 Å². The van der Waals surface area contributed by atoms with Crippen molar-refractivity contribution < 1.29 is 0 Å². The van der Waals surface area contributed by atoms with E-state index < -0.39 is 0 Å². The highest BCUT2D eigenvalue weighted by atomic mass is 15.3. The van der Waals surface area contributed by atoms with Crippen LogP contribution in [0.25, 0.3) is 16.9 Å². The van der Waals surface area contributed by atoms with E-state index in [-0.39, 0.29) is 0 Å². The van der Waals surface area contributed by atoms with Crippen molar-refractivity contribution in [2.45, 2.75) is 13.5 Å². The molecule has 0 unspecified atom stereocenters. The Morgan fingerprint density at radius 2 is 1.88 bits per heavy atom. The van der Waals surface area contributed by atoms with Gasteiger partial charge in [0, 0.05) is 31.7 Å². The standard InChI is InChI=1S/C18H17N7/c1-2-24(12-14-6-9-19-10-7-14)17-15-11-23-25(18(15)22-13-21-17)16-5-3-4-8-20-16/h3-11,13H,2,12H2,1H3. The SMILES string of the molecule is CCN(Cc1ccncc1)c1ncnc2c1cnn2-c1ccccn1. The summed E-state index contributed by atoms with van der Waals surface area (Å²) in [5, 5.41) is 5.37. The molecule has 0 radical (unpaired) electrons. The van der Waals surface area contributed by atoms with Gasteiger partial charge in [-0.2, -0.15) is 9.78 Å². The van der Waals surface area contributed by atoms with Gasteiger partial charge in [-0.25, -0.2) is 15.0 Å². The Morgan fingerprint density at radius 3 is 2.64 bits per heavy atom. The first-order valence-corrected chi connectivity index (χ1v) is 8.11. The van der Waals surface area contributed by atoms with Crippen LogP contribution in [0, 0.1) is 0 Å². The van der Waals surface area contributed by atoms with Crippen LogP contribution >= 0.6 is 0 Å². The Kier molecular flexibility index (Phi) is 4.04. The molecular weight excluding hydrogens is 314 g/mol. The lowest BCUT2D eigenvalue weighted by Gasteiger charge is -2.22. The summed E-state index contributed by atoms with van der Waals surface area (Å²) >= 11 is 0. The molecule has 0 aliphatic carbocycles. The first kappa shape index (κ1) is 15.2. The summed E-state index contributed by atoms with van der Waals surface area (Å²) in [7, 11) is 0. The van der Waals surface area contributed by atoms with Gasteiger partial charge in [0.2, 0.25) is 0 Å². The number of aromatic nitrogens is 6. The second kappa shape index (κ2) is 6.64. The molecule has 7 heteroatoms. The molecule has 4 rings (SSSR count). The smallest absolute Gasteiger partial charge is 0.170 e. The minimum absolute atomic E-state index is 0.735. The molecule has 0 amide bonds. The fourth-order valence-corrected chi connectivity index (χ4v) is 2.78. The van der Waals surface area contributed by atoms with E-state index in [1.165, 1.54) is 5.56 Å². The predicted octanol–water partition coefficient (Wildman–Crippen LogP) is 2.63. The minimum atomic E-state index is 0.735. The average molecular weight is 331 g/mol. The summed E-state index contributed by atoms with van der Waals surface area (Å²) in [5.74, 6) is 1.60. The monoisotopic (exact) mass is 331 g/mol. The fourth-order valence-electron chi connectivity index (χ4n) is 2.78. The first-order valence-electron chi connectivity index (χ1n) is 8.11. The Morgan fingerprint density at radius 1 is 1.00 bits per heavy atom. The quantitative estimate of drug-likeness (QED) is 0.560. The zero-order valence-corrected chi connectivity index (χ0v) is 13.8. The summed E-state index contributed by atoms with van der Waals surface area (Å²) in [6.07, 6.45) is 8.73. The Labute approximate surface area is 145 Å². The van der Waals surface area contributed by atoms with E-state index >= 15 is 0 Å². The van der Waals surface area contributed by atoms with E-state index in [1.807, 2.05) is 30.3 Å². The molecule has 0 fully saturated rings. The van der Waals surface area contributed by atoms with E-state index in [4.69, 9.17) is 0 Å². The van der Waals surface area contributed by atoms with E-state index in [2.05, 4.69) is 36.9 Å². The maximum absolute atomic E-state index is 4.51. The number of rotatable bonds is 5. The van der Waals surface area contributed by atoms with Crippen LogP contribution in [0.15, 0.2) is 61.4 Å². The lowest BCUT2D eigenvalue weighted by atomic mass is 10.2. The van der Waals surface area contributed by atoms with Gasteiger partial charge >= 0.3 is 0 Å². The molecule has 4 heterocycles. The van der Waals surface area contributed by atoms with Crippen LogP contribution in [-0.2, 0) is 6.54 Å². The summed E-state index contributed by atoms with van der Waals surface area (Å²) in [5.41, 5.74) is 1.93. The molecule has 0 aromatic carbocycles. The van der Waals surface area contributed by atoms with Crippen molar-refractivity contribution in [1.82, 2.24) is 29.7 Å². The van der Waals surface area contributed by atoms with Crippen LogP contribution in [-0.4, -0.2) is 36.3 Å². The highest BCUT2D eigenvalue weighted by molar-refractivity contribution is 5.87. The molecule has 4 aromatic heterocycles. The number of hydrogen-bond acceptors (Lipinski definition) is 6. The van der Waals surface area contributed by atoms with Crippen molar-refractivity contribution in [1.29, 1.82) is 0 Å². The number of pyridine rings is 2. The Balaban J connectivity index is 1.76. The lowest BCUT2D eigenvalue weighted by Crippen LogP contribution is -2.23. The summed E-state index contributed by atoms with van der Waals surface area (Å²) in [4.78, 5) is 19.5. The summed E-state index contributed by atoms with van der Waals surface area (Å²) in [6, 6.07) is 9.74. The molecular formula is C18H17N7. The van der Waals surface area contributed by atoms with Gasteiger partial charge in [0.05, 0.1) is 11.6 Å². The number of hydrogen-bond donors (Lipinski definition) is 0. The molecule has 0 N–H and O–H groups in total. The first-order chi connectivity index (χ1) is 12.4. The molecule has 0 saturated heterocycles. The number of fused-ring (bicyclic) bond motifs is 1. The largest absolute Gasteiger partial charge is 0.352 e. The van der Waals surface area contributed by atoms with Crippen molar-refractivity contribution in [2.24, 2.45) is 0 Å². The molecule has 7 nitrogen and oxygen atoms in total. The van der Waals surface area contributed by atoms with Crippen LogP contribution in [0.1, 0.15) is 12.5 Å². The maximum atomic E-state index is 4.51. The van der Waals surface area contributed by atoms with Gasteiger partial charge in [0.15, 0.2) is 11.5 Å². The van der Waals surface area contributed by atoms with Crippen LogP contribution in [0.5, 0.6) is 0 Å². The fraction of sp³-hybridized carbons (Fsp3) is 0.167. The van der Waals surface area contributed by atoms with Gasteiger partial charge in [-0.3, -0.25) is 4.98 Å². The average Bonchev–Trinajstić information content (AvgIpc) is 3.12. The number of anilines is 1. The molecule has 0 bridgehead atoms. The molecule has 124 valence electrons. The van der Waals surface area contributed by atoms with Crippen molar-refractivity contribution >= 4 is 16.9 Å². The van der Waals surface area contributed by atoms with Gasteiger partial charge < -0.3 is 4.90 Å². The summed E-state index contributed by atoms with van der Waals surface area (Å²) in [6.45, 7) is 3.68. The second-order valence-corrected chi connectivity index (χ2v) is 5.55. The topological polar surface area (TPSA) is 72.6 Å². The zero-order valence-electron chi connectivity index (χ0n) is 13.8. The third-order valence-corrected chi connectivity index (χ3v) is 4.02. The Hall–Kier alpha value is -3.35. The third kappa shape index (κ3) is 2.91. The predicted molar refractivity (Wildman–Crippen MR) is 95.4 cm³/mol. The molecule has 0 atom stereocenters. The number of nitrogens with zero attached hydrogens (tertiary/aromatic N) is 7. The molecule has 0 aliphatic heterocycles. The van der Waals surface area contributed by atoms with Crippen LogP contribution < -0.4 is 4.90 Å². The van der Waals surface area contributed by atoms with E-state index in [1.54, 1.807) is 35.8 Å². The van der Waals surface area contributed by atoms with Crippen molar-refractivity contribution in [2.75, 3.05) is 11.4 Å². The van der Waals surface area contributed by atoms with Crippen molar-refractivity contribution in [3.63, 3.8) is 0 Å². The van der Waals surface area contributed by atoms with Gasteiger partial charge in [-0.15, -0.1) is 0 Å². The maximum Gasteiger partial charge on any atom is 0.170 e. The van der Waals surface area contributed by atoms with Gasteiger partial charge in [-0.05, 0) is 36.8 Å². The van der Waals surface area contributed by atoms with Crippen LogP contribution in [0.2, 0.25) is 0 Å². The molecule has 0 aliphatic rings. The van der Waals surface area contributed by atoms with Gasteiger partial charge in [0.1, 0.15) is 12.1 Å². The third-order valence-electron chi connectivity index (χ3n) is 4.02.